The first kappa shape index (κ1) is 14.6. The molecule has 1 aromatic carbocycles. The van der Waals surface area contributed by atoms with Crippen molar-refractivity contribution in [2.24, 2.45) is 4.99 Å². The third kappa shape index (κ3) is 3.29. The monoisotopic (exact) mass is 318 g/mol. The molecular weight excluding hydrogens is 304 g/mol. The highest BCUT2D eigenvalue weighted by molar-refractivity contribution is 7.13. The average molecular weight is 318 g/mol. The topological polar surface area (TPSA) is 80.9 Å². The lowest BCUT2D eigenvalue weighted by Gasteiger charge is -2.29. The molecule has 1 aromatic heterocycles. The average Bonchev–Trinajstić information content (AvgIpc) is 3.07. The van der Waals surface area contributed by atoms with E-state index in [1.165, 1.54) is 23.5 Å². The minimum absolute atomic E-state index is 0.0688. The molecule has 8 heteroatoms. The SMILES string of the molecule is O=[N+]([O-])c1ccc(/C(=N/c2nccs2)N2CCOCC2)cc1. The van der Waals surface area contributed by atoms with Gasteiger partial charge in [0.1, 0.15) is 5.84 Å². The molecule has 7 nitrogen and oxygen atoms in total. The molecular formula is C14H14N4O3S. The molecule has 0 unspecified atom stereocenters. The summed E-state index contributed by atoms with van der Waals surface area (Å²) in [5.41, 5.74) is 0.905. The van der Waals surface area contributed by atoms with Crippen LogP contribution in [-0.2, 0) is 4.74 Å². The Labute approximate surface area is 131 Å². The molecule has 2 heterocycles. The molecule has 1 aliphatic rings. The Bertz CT molecular complexity index is 664. The molecule has 0 saturated carbocycles. The van der Waals surface area contributed by atoms with Crippen molar-refractivity contribution in [1.29, 1.82) is 0 Å². The van der Waals surface area contributed by atoms with Crippen molar-refractivity contribution in [2.45, 2.75) is 0 Å². The fraction of sp³-hybridized carbons (Fsp3) is 0.286. The zero-order valence-electron chi connectivity index (χ0n) is 11.7. The lowest BCUT2D eigenvalue weighted by molar-refractivity contribution is -0.384. The summed E-state index contributed by atoms with van der Waals surface area (Å²) < 4.78 is 5.37. The molecule has 0 amide bonds. The number of amidine groups is 1. The maximum Gasteiger partial charge on any atom is 0.269 e. The Balaban J connectivity index is 1.95. The number of nitro benzene ring substituents is 1. The summed E-state index contributed by atoms with van der Waals surface area (Å²) in [6.07, 6.45) is 1.70. The lowest BCUT2D eigenvalue weighted by Crippen LogP contribution is -2.41. The molecule has 1 fully saturated rings. The molecule has 0 aliphatic carbocycles. The maximum absolute atomic E-state index is 10.8. The summed E-state index contributed by atoms with van der Waals surface area (Å²) >= 11 is 1.45. The number of ether oxygens (including phenoxy) is 1. The molecule has 1 aliphatic heterocycles. The summed E-state index contributed by atoms with van der Waals surface area (Å²) in [4.78, 5) is 21.3. The second kappa shape index (κ2) is 6.63. The van der Waals surface area contributed by atoms with Crippen molar-refractivity contribution in [2.75, 3.05) is 26.3 Å². The molecule has 0 radical (unpaired) electrons. The van der Waals surface area contributed by atoms with Crippen molar-refractivity contribution in [3.05, 3.63) is 51.5 Å². The van der Waals surface area contributed by atoms with Gasteiger partial charge in [-0.25, -0.2) is 9.98 Å². The van der Waals surface area contributed by atoms with E-state index in [2.05, 4.69) is 14.9 Å². The second-order valence-corrected chi connectivity index (χ2v) is 5.53. The number of non-ortho nitro benzene ring substituents is 1. The summed E-state index contributed by atoms with van der Waals surface area (Å²) in [5, 5.41) is 13.3. The Hall–Kier alpha value is -2.32. The van der Waals surface area contributed by atoms with Crippen molar-refractivity contribution in [3.8, 4) is 0 Å². The number of thiazole rings is 1. The van der Waals surface area contributed by atoms with Crippen LogP contribution in [0.15, 0.2) is 40.8 Å². The van der Waals surface area contributed by atoms with Gasteiger partial charge in [0.15, 0.2) is 0 Å². The van der Waals surface area contributed by atoms with Gasteiger partial charge in [-0.2, -0.15) is 0 Å². The largest absolute Gasteiger partial charge is 0.378 e. The number of benzene rings is 1. The molecule has 0 N–H and O–H groups in total. The summed E-state index contributed by atoms with van der Waals surface area (Å²) in [6, 6.07) is 6.43. The smallest absolute Gasteiger partial charge is 0.269 e. The van der Waals surface area contributed by atoms with Crippen molar-refractivity contribution < 1.29 is 9.66 Å². The highest BCUT2D eigenvalue weighted by Crippen LogP contribution is 2.20. The normalized spacial score (nSPS) is 15.8. The van der Waals surface area contributed by atoms with E-state index in [1.807, 2.05) is 5.38 Å². The summed E-state index contributed by atoms with van der Waals surface area (Å²) in [6.45, 7) is 2.76. The van der Waals surface area contributed by atoms with Gasteiger partial charge >= 0.3 is 0 Å². The number of nitrogens with zero attached hydrogens (tertiary/aromatic N) is 4. The van der Waals surface area contributed by atoms with Crippen LogP contribution in [0.5, 0.6) is 0 Å². The van der Waals surface area contributed by atoms with E-state index < -0.39 is 4.92 Å². The van der Waals surface area contributed by atoms with Gasteiger partial charge < -0.3 is 9.64 Å². The predicted molar refractivity (Wildman–Crippen MR) is 83.8 cm³/mol. The first-order valence-electron chi connectivity index (χ1n) is 6.80. The zero-order valence-corrected chi connectivity index (χ0v) is 12.5. The lowest BCUT2D eigenvalue weighted by atomic mass is 10.1. The Kier molecular flexibility index (Phi) is 4.40. The van der Waals surface area contributed by atoms with Crippen molar-refractivity contribution in [1.82, 2.24) is 9.88 Å². The minimum atomic E-state index is -0.407. The van der Waals surface area contributed by atoms with E-state index in [0.717, 1.165) is 24.5 Å². The van der Waals surface area contributed by atoms with Crippen molar-refractivity contribution >= 4 is 28.0 Å². The van der Waals surface area contributed by atoms with Crippen LogP contribution < -0.4 is 0 Å². The fourth-order valence-corrected chi connectivity index (χ4v) is 2.69. The van der Waals surface area contributed by atoms with E-state index in [9.17, 15) is 10.1 Å². The molecule has 0 bridgehead atoms. The van der Waals surface area contributed by atoms with E-state index >= 15 is 0 Å². The van der Waals surface area contributed by atoms with Crippen LogP contribution in [0.1, 0.15) is 5.56 Å². The van der Waals surface area contributed by atoms with E-state index in [4.69, 9.17) is 4.74 Å². The Morgan fingerprint density at radius 2 is 2.05 bits per heavy atom. The van der Waals surface area contributed by atoms with Crippen LogP contribution in [0, 0.1) is 10.1 Å². The van der Waals surface area contributed by atoms with Crippen LogP contribution in [-0.4, -0.2) is 46.9 Å². The highest BCUT2D eigenvalue weighted by Gasteiger charge is 2.18. The third-order valence-corrected chi connectivity index (χ3v) is 3.93. The number of hydrogen-bond acceptors (Lipinski definition) is 6. The van der Waals surface area contributed by atoms with Crippen LogP contribution in [0.3, 0.4) is 0 Å². The van der Waals surface area contributed by atoms with Gasteiger partial charge in [0.05, 0.1) is 18.1 Å². The van der Waals surface area contributed by atoms with Gasteiger partial charge in [-0.05, 0) is 12.1 Å². The number of nitro groups is 1. The number of aliphatic imine (C=N–C) groups is 1. The molecule has 2 aromatic rings. The van der Waals surface area contributed by atoms with Gasteiger partial charge in [0, 0.05) is 42.4 Å². The molecule has 1 saturated heterocycles. The Morgan fingerprint density at radius 1 is 1.32 bits per heavy atom. The first-order valence-corrected chi connectivity index (χ1v) is 7.68. The van der Waals surface area contributed by atoms with Gasteiger partial charge in [0.2, 0.25) is 5.13 Å². The van der Waals surface area contributed by atoms with Gasteiger partial charge in [-0.1, -0.05) is 0 Å². The second-order valence-electron chi connectivity index (χ2n) is 4.65. The first-order chi connectivity index (χ1) is 10.7. The maximum atomic E-state index is 10.8. The van der Waals surface area contributed by atoms with E-state index in [-0.39, 0.29) is 5.69 Å². The van der Waals surface area contributed by atoms with Crippen LogP contribution in [0.4, 0.5) is 10.8 Å². The quantitative estimate of drug-likeness (QED) is 0.376. The number of aromatic nitrogens is 1. The Morgan fingerprint density at radius 3 is 2.64 bits per heavy atom. The summed E-state index contributed by atoms with van der Waals surface area (Å²) in [5.74, 6) is 0.771. The van der Waals surface area contributed by atoms with E-state index in [0.29, 0.717) is 18.3 Å². The van der Waals surface area contributed by atoms with Gasteiger partial charge in [-0.15, -0.1) is 11.3 Å². The summed E-state index contributed by atoms with van der Waals surface area (Å²) in [7, 11) is 0. The number of hydrogen-bond donors (Lipinski definition) is 0. The number of morpholine rings is 1. The minimum Gasteiger partial charge on any atom is -0.378 e. The molecule has 3 rings (SSSR count). The third-order valence-electron chi connectivity index (χ3n) is 3.27. The highest BCUT2D eigenvalue weighted by atomic mass is 32.1. The molecule has 22 heavy (non-hydrogen) atoms. The zero-order chi connectivity index (χ0) is 15.4. The van der Waals surface area contributed by atoms with E-state index in [1.54, 1.807) is 18.3 Å². The molecule has 114 valence electrons. The predicted octanol–water partition coefficient (Wildman–Crippen LogP) is 2.46. The van der Waals surface area contributed by atoms with Crippen LogP contribution in [0.25, 0.3) is 0 Å². The van der Waals surface area contributed by atoms with Crippen LogP contribution >= 0.6 is 11.3 Å². The van der Waals surface area contributed by atoms with Gasteiger partial charge in [-0.3, -0.25) is 10.1 Å². The molecule has 0 atom stereocenters. The standard InChI is InChI=1S/C14H14N4O3S/c19-18(20)12-3-1-11(2-4-12)13(16-14-15-5-10-22-14)17-6-8-21-9-7-17/h1-5,10H,6-9H2/b16-13-. The van der Waals surface area contributed by atoms with Crippen molar-refractivity contribution in [3.63, 3.8) is 0 Å². The van der Waals surface area contributed by atoms with Gasteiger partial charge in [0.25, 0.3) is 5.69 Å². The van der Waals surface area contributed by atoms with Crippen LogP contribution in [0.2, 0.25) is 0 Å². The molecule has 0 spiro atoms. The number of rotatable bonds is 3. The fourth-order valence-electron chi connectivity index (χ4n) is 2.19.